The van der Waals surface area contributed by atoms with Crippen LogP contribution in [0.15, 0.2) is 18.2 Å². The number of rotatable bonds is 5. The lowest BCUT2D eigenvalue weighted by Gasteiger charge is -2.33. The number of esters is 1. The fourth-order valence-corrected chi connectivity index (χ4v) is 4.95. The molecule has 0 saturated carbocycles. The summed E-state index contributed by atoms with van der Waals surface area (Å²) in [5.41, 5.74) is 2.06. The van der Waals surface area contributed by atoms with Gasteiger partial charge in [-0.05, 0) is 51.3 Å². The van der Waals surface area contributed by atoms with Crippen molar-refractivity contribution in [1.29, 1.82) is 0 Å². The molecule has 0 N–H and O–H groups in total. The van der Waals surface area contributed by atoms with Crippen LogP contribution in [0.1, 0.15) is 50.9 Å². The normalized spacial score (nSPS) is 20.0. The second-order valence-corrected chi connectivity index (χ2v) is 9.02. The molecule has 0 radical (unpaired) electrons. The van der Waals surface area contributed by atoms with Crippen molar-refractivity contribution in [3.63, 3.8) is 0 Å². The van der Waals surface area contributed by atoms with E-state index in [1.54, 1.807) is 6.92 Å². The summed E-state index contributed by atoms with van der Waals surface area (Å²) in [6.07, 6.45) is 3.81. The largest absolute Gasteiger partial charge is 0.465 e. The van der Waals surface area contributed by atoms with E-state index in [-0.39, 0.29) is 17.9 Å². The Bertz CT molecular complexity index is 1010. The molecular weight excluding hydrogens is 418 g/mol. The van der Waals surface area contributed by atoms with Crippen LogP contribution in [0.25, 0.3) is 10.9 Å². The maximum absolute atomic E-state index is 12.6. The smallest absolute Gasteiger partial charge is 0.323 e. The first kappa shape index (κ1) is 23.4. The molecule has 1 atom stereocenters. The zero-order valence-electron chi connectivity index (χ0n) is 20.0. The molecule has 3 heterocycles. The van der Waals surface area contributed by atoms with Gasteiger partial charge in [-0.3, -0.25) is 14.5 Å². The number of carbonyl (C=O) groups is 2. The topological polar surface area (TPSA) is 78.9 Å². The van der Waals surface area contributed by atoms with Crippen molar-refractivity contribution in [3.8, 4) is 0 Å². The number of benzene rings is 1. The number of para-hydroxylation sites is 1. The van der Waals surface area contributed by atoms with Gasteiger partial charge >= 0.3 is 5.97 Å². The van der Waals surface area contributed by atoms with Crippen LogP contribution in [0.4, 0.5) is 5.82 Å². The standard InChI is InChI=1S/C25H35N5O3/c1-4-33-25(32)21-11-5-6-12-30(21)17-22-26-23-18(2)9-7-10-20(23)24(27-22)29-14-8-13-28(15-16-29)19(3)31/h7,9-10,21H,4-6,8,11-17H2,1-3H3. The minimum absolute atomic E-state index is 0.121. The Hall–Kier alpha value is -2.74. The van der Waals surface area contributed by atoms with E-state index in [0.717, 1.165) is 80.0 Å². The maximum atomic E-state index is 12.6. The van der Waals surface area contributed by atoms with E-state index in [2.05, 4.69) is 28.9 Å². The summed E-state index contributed by atoms with van der Waals surface area (Å²) in [7, 11) is 0. The summed E-state index contributed by atoms with van der Waals surface area (Å²) in [5.74, 6) is 1.63. The van der Waals surface area contributed by atoms with Gasteiger partial charge in [0.1, 0.15) is 17.7 Å². The Morgan fingerprint density at radius 1 is 1.06 bits per heavy atom. The van der Waals surface area contributed by atoms with Crippen molar-refractivity contribution >= 4 is 28.6 Å². The average molecular weight is 454 g/mol. The fourth-order valence-electron chi connectivity index (χ4n) is 4.95. The number of fused-ring (bicyclic) bond motifs is 1. The number of ether oxygens (including phenoxy) is 1. The van der Waals surface area contributed by atoms with Crippen molar-refractivity contribution < 1.29 is 14.3 Å². The molecule has 2 saturated heterocycles. The van der Waals surface area contributed by atoms with E-state index in [0.29, 0.717) is 19.7 Å². The van der Waals surface area contributed by atoms with Gasteiger partial charge in [0.15, 0.2) is 0 Å². The van der Waals surface area contributed by atoms with Gasteiger partial charge in [0.2, 0.25) is 5.91 Å². The van der Waals surface area contributed by atoms with Crippen molar-refractivity contribution in [3.05, 3.63) is 29.6 Å². The molecule has 178 valence electrons. The molecular formula is C25H35N5O3. The number of carbonyl (C=O) groups excluding carboxylic acids is 2. The zero-order chi connectivity index (χ0) is 23.4. The highest BCUT2D eigenvalue weighted by Crippen LogP contribution is 2.28. The summed E-state index contributed by atoms with van der Waals surface area (Å²) in [6, 6.07) is 5.97. The molecule has 2 aliphatic heterocycles. The van der Waals surface area contributed by atoms with Crippen molar-refractivity contribution in [1.82, 2.24) is 19.8 Å². The van der Waals surface area contributed by atoms with E-state index >= 15 is 0 Å². The minimum atomic E-state index is -0.236. The van der Waals surface area contributed by atoms with Crippen LogP contribution in [0.2, 0.25) is 0 Å². The number of likely N-dealkylation sites (tertiary alicyclic amines) is 1. The van der Waals surface area contributed by atoms with Gasteiger partial charge in [0.25, 0.3) is 0 Å². The monoisotopic (exact) mass is 453 g/mol. The number of piperidine rings is 1. The van der Waals surface area contributed by atoms with Gasteiger partial charge in [0, 0.05) is 38.5 Å². The second-order valence-electron chi connectivity index (χ2n) is 9.02. The first-order chi connectivity index (χ1) is 16.0. The van der Waals surface area contributed by atoms with Crippen LogP contribution < -0.4 is 4.90 Å². The van der Waals surface area contributed by atoms with Crippen LogP contribution in [-0.2, 0) is 20.9 Å². The molecule has 2 fully saturated rings. The molecule has 1 unspecified atom stereocenters. The summed E-state index contributed by atoms with van der Waals surface area (Å²) in [5, 5.41) is 1.04. The number of hydrogen-bond donors (Lipinski definition) is 0. The number of aryl methyl sites for hydroxylation is 1. The molecule has 0 aliphatic carbocycles. The zero-order valence-corrected chi connectivity index (χ0v) is 20.0. The SMILES string of the molecule is CCOC(=O)C1CCCCN1Cc1nc(N2CCCN(C(C)=O)CC2)c2cccc(C)c2n1. The molecule has 0 bridgehead atoms. The molecule has 0 spiro atoms. The summed E-state index contributed by atoms with van der Waals surface area (Å²) < 4.78 is 5.34. The third-order valence-electron chi connectivity index (χ3n) is 6.71. The van der Waals surface area contributed by atoms with Crippen molar-refractivity contribution in [2.24, 2.45) is 0 Å². The molecule has 4 rings (SSSR count). The third-order valence-corrected chi connectivity index (χ3v) is 6.71. The van der Waals surface area contributed by atoms with E-state index < -0.39 is 0 Å². The molecule has 2 aliphatic rings. The lowest BCUT2D eigenvalue weighted by atomic mass is 10.0. The summed E-state index contributed by atoms with van der Waals surface area (Å²) >= 11 is 0. The van der Waals surface area contributed by atoms with Crippen molar-refractivity contribution in [2.75, 3.05) is 44.2 Å². The molecule has 8 nitrogen and oxygen atoms in total. The Labute approximate surface area is 195 Å². The van der Waals surface area contributed by atoms with Gasteiger partial charge in [-0.25, -0.2) is 9.97 Å². The van der Waals surface area contributed by atoms with Crippen LogP contribution in [0, 0.1) is 6.92 Å². The minimum Gasteiger partial charge on any atom is -0.465 e. The summed E-state index contributed by atoms with van der Waals surface area (Å²) in [4.78, 5) is 40.8. The van der Waals surface area contributed by atoms with Crippen LogP contribution >= 0.6 is 0 Å². The van der Waals surface area contributed by atoms with E-state index in [9.17, 15) is 9.59 Å². The second kappa shape index (κ2) is 10.5. The number of anilines is 1. The predicted molar refractivity (Wildman–Crippen MR) is 128 cm³/mol. The molecule has 1 amide bonds. The molecule has 1 aromatic heterocycles. The van der Waals surface area contributed by atoms with Gasteiger partial charge in [-0.1, -0.05) is 18.6 Å². The number of amides is 1. The maximum Gasteiger partial charge on any atom is 0.323 e. The first-order valence-corrected chi connectivity index (χ1v) is 12.1. The van der Waals surface area contributed by atoms with Crippen LogP contribution in [0.3, 0.4) is 0 Å². The van der Waals surface area contributed by atoms with Gasteiger partial charge in [0.05, 0.1) is 18.7 Å². The Morgan fingerprint density at radius 2 is 1.91 bits per heavy atom. The number of hydrogen-bond acceptors (Lipinski definition) is 7. The van der Waals surface area contributed by atoms with E-state index in [1.807, 2.05) is 17.9 Å². The molecule has 1 aromatic carbocycles. The number of aromatic nitrogens is 2. The van der Waals surface area contributed by atoms with Gasteiger partial charge in [-0.15, -0.1) is 0 Å². The molecule has 2 aromatic rings. The third kappa shape index (κ3) is 5.27. The molecule has 8 heteroatoms. The van der Waals surface area contributed by atoms with Gasteiger partial charge in [-0.2, -0.15) is 0 Å². The fraction of sp³-hybridized carbons (Fsp3) is 0.600. The van der Waals surface area contributed by atoms with E-state index in [1.165, 1.54) is 0 Å². The lowest BCUT2D eigenvalue weighted by molar-refractivity contribution is -0.151. The van der Waals surface area contributed by atoms with Crippen molar-refractivity contribution in [2.45, 2.75) is 59.0 Å². The average Bonchev–Trinajstić information content (AvgIpc) is 3.06. The number of nitrogens with zero attached hydrogens (tertiary/aromatic N) is 5. The molecule has 33 heavy (non-hydrogen) atoms. The Kier molecular flexibility index (Phi) is 7.42. The highest BCUT2D eigenvalue weighted by molar-refractivity contribution is 5.91. The van der Waals surface area contributed by atoms with Crippen LogP contribution in [0.5, 0.6) is 0 Å². The highest BCUT2D eigenvalue weighted by Gasteiger charge is 2.31. The van der Waals surface area contributed by atoms with Crippen LogP contribution in [-0.4, -0.2) is 77.0 Å². The van der Waals surface area contributed by atoms with Gasteiger partial charge < -0.3 is 14.5 Å². The quantitative estimate of drug-likeness (QED) is 0.644. The lowest BCUT2D eigenvalue weighted by Crippen LogP contribution is -2.45. The predicted octanol–water partition coefficient (Wildman–Crippen LogP) is 2.91. The highest BCUT2D eigenvalue weighted by atomic mass is 16.5. The Morgan fingerprint density at radius 3 is 2.70 bits per heavy atom. The van der Waals surface area contributed by atoms with E-state index in [4.69, 9.17) is 14.7 Å². The summed E-state index contributed by atoms with van der Waals surface area (Å²) in [6.45, 7) is 10.4. The Balaban J connectivity index is 1.66. The first-order valence-electron chi connectivity index (χ1n) is 12.1.